The van der Waals surface area contributed by atoms with Gasteiger partial charge in [0.15, 0.2) is 0 Å². The molecule has 0 saturated heterocycles. The van der Waals surface area contributed by atoms with Gasteiger partial charge in [-0.3, -0.25) is 9.10 Å². The summed E-state index contributed by atoms with van der Waals surface area (Å²) in [6, 6.07) is 3.84. The van der Waals surface area contributed by atoms with Gasteiger partial charge in [0.25, 0.3) is 5.91 Å². The first kappa shape index (κ1) is 18.3. The van der Waals surface area contributed by atoms with Crippen molar-refractivity contribution in [1.29, 1.82) is 0 Å². The zero-order chi connectivity index (χ0) is 17.9. The van der Waals surface area contributed by atoms with E-state index in [1.807, 2.05) is 6.92 Å². The summed E-state index contributed by atoms with van der Waals surface area (Å²) in [5, 5.41) is 11.7. The number of aliphatic carboxylic acids is 1. The molecular weight excluding hydrogens is 332 g/mol. The average Bonchev–Trinajstić information content (AvgIpc) is 2.93. The molecule has 7 nitrogen and oxygen atoms in total. The number of carboxylic acid groups (broad SMARTS) is 1. The third kappa shape index (κ3) is 4.05. The van der Waals surface area contributed by atoms with Gasteiger partial charge in [0, 0.05) is 12.1 Å². The van der Waals surface area contributed by atoms with Crippen LogP contribution >= 0.6 is 0 Å². The molecule has 0 unspecified atom stereocenters. The highest BCUT2D eigenvalue weighted by atomic mass is 32.2. The van der Waals surface area contributed by atoms with E-state index < -0.39 is 27.9 Å². The number of carboxylic acids is 1. The average molecular weight is 354 g/mol. The molecule has 1 aliphatic heterocycles. The molecule has 1 aromatic rings. The third-order valence-electron chi connectivity index (χ3n) is 4.04. The Morgan fingerprint density at radius 2 is 2.08 bits per heavy atom. The van der Waals surface area contributed by atoms with E-state index in [0.717, 1.165) is 18.2 Å². The van der Waals surface area contributed by atoms with Crippen molar-refractivity contribution in [3.63, 3.8) is 0 Å². The first-order chi connectivity index (χ1) is 11.2. The lowest BCUT2D eigenvalue weighted by Crippen LogP contribution is -2.40. The molecule has 1 heterocycles. The number of hydrogen-bond donors (Lipinski definition) is 2. The van der Waals surface area contributed by atoms with Crippen LogP contribution in [-0.4, -0.2) is 44.2 Å². The predicted molar refractivity (Wildman–Crippen MR) is 90.8 cm³/mol. The lowest BCUT2D eigenvalue weighted by molar-refractivity contribution is -0.139. The highest BCUT2D eigenvalue weighted by Gasteiger charge is 2.27. The van der Waals surface area contributed by atoms with Crippen molar-refractivity contribution >= 4 is 27.6 Å². The molecule has 8 heteroatoms. The van der Waals surface area contributed by atoms with Gasteiger partial charge in [0.2, 0.25) is 10.0 Å². The molecule has 1 aromatic carbocycles. The molecule has 24 heavy (non-hydrogen) atoms. The van der Waals surface area contributed by atoms with Crippen LogP contribution in [-0.2, 0) is 21.2 Å². The Morgan fingerprint density at radius 3 is 2.67 bits per heavy atom. The summed E-state index contributed by atoms with van der Waals surface area (Å²) in [4.78, 5) is 23.5. The molecule has 1 amide bonds. The van der Waals surface area contributed by atoms with E-state index in [9.17, 15) is 23.1 Å². The van der Waals surface area contributed by atoms with Gasteiger partial charge in [-0.15, -0.1) is 0 Å². The highest BCUT2D eigenvalue weighted by molar-refractivity contribution is 7.92. The largest absolute Gasteiger partial charge is 0.480 e. The van der Waals surface area contributed by atoms with Crippen LogP contribution in [0.4, 0.5) is 5.69 Å². The molecule has 0 fully saturated rings. The van der Waals surface area contributed by atoms with Crippen LogP contribution in [0.15, 0.2) is 18.2 Å². The van der Waals surface area contributed by atoms with E-state index in [4.69, 9.17) is 0 Å². The van der Waals surface area contributed by atoms with Crippen molar-refractivity contribution in [3.8, 4) is 0 Å². The molecular formula is C16H22N2O5S. The van der Waals surface area contributed by atoms with E-state index in [2.05, 4.69) is 5.32 Å². The lowest BCUT2D eigenvalue weighted by atomic mass is 10.1. The first-order valence-corrected chi connectivity index (χ1v) is 9.73. The molecule has 0 saturated carbocycles. The third-order valence-corrected chi connectivity index (χ3v) is 5.22. The Hall–Kier alpha value is -2.09. The number of benzene rings is 1. The quantitative estimate of drug-likeness (QED) is 0.770. The summed E-state index contributed by atoms with van der Waals surface area (Å²) in [5.74, 6) is -1.51. The summed E-state index contributed by atoms with van der Waals surface area (Å²) >= 11 is 0. The van der Waals surface area contributed by atoms with Crippen LogP contribution in [0.1, 0.15) is 42.1 Å². The molecule has 0 aromatic heterocycles. The van der Waals surface area contributed by atoms with Gasteiger partial charge < -0.3 is 10.4 Å². The number of anilines is 1. The van der Waals surface area contributed by atoms with Gasteiger partial charge in [-0.2, -0.15) is 0 Å². The summed E-state index contributed by atoms with van der Waals surface area (Å²) < 4.78 is 24.7. The molecule has 0 spiro atoms. The standard InChI is InChI=1S/C16H22N2O5S/c1-3-4-5-13(16(20)21)17-15(19)12-6-7-14-11(10-12)8-9-18(14)24(2,22)23/h6-7,10,13H,3-5,8-9H2,1-2H3,(H,17,19)(H,20,21)/t13-/m0/s1. The normalized spacial score (nSPS) is 15.0. The molecule has 2 rings (SSSR count). The van der Waals surface area contributed by atoms with Crippen LogP contribution in [0.5, 0.6) is 0 Å². The monoisotopic (exact) mass is 354 g/mol. The number of nitrogens with one attached hydrogen (secondary N) is 1. The van der Waals surface area contributed by atoms with Crippen molar-refractivity contribution < 1.29 is 23.1 Å². The molecule has 0 aliphatic carbocycles. The van der Waals surface area contributed by atoms with Crippen LogP contribution < -0.4 is 9.62 Å². The lowest BCUT2D eigenvalue weighted by Gasteiger charge is -2.17. The maximum absolute atomic E-state index is 12.3. The molecule has 0 radical (unpaired) electrons. The second-order valence-electron chi connectivity index (χ2n) is 5.94. The Morgan fingerprint density at radius 1 is 1.38 bits per heavy atom. The van der Waals surface area contributed by atoms with E-state index in [1.165, 1.54) is 10.4 Å². The van der Waals surface area contributed by atoms with Gasteiger partial charge in [0.1, 0.15) is 6.04 Å². The number of unbranched alkanes of at least 4 members (excludes halogenated alkanes) is 1. The maximum atomic E-state index is 12.3. The van der Waals surface area contributed by atoms with E-state index in [1.54, 1.807) is 12.1 Å². The van der Waals surface area contributed by atoms with Gasteiger partial charge in [-0.25, -0.2) is 13.2 Å². The number of amides is 1. The number of carbonyl (C=O) groups is 2. The van der Waals surface area contributed by atoms with Crippen molar-refractivity contribution in [3.05, 3.63) is 29.3 Å². The molecule has 1 aliphatic rings. The SMILES string of the molecule is CCCC[C@H](NC(=O)c1ccc2c(c1)CCN2S(C)(=O)=O)C(=O)O. The Balaban J connectivity index is 2.16. The number of carbonyl (C=O) groups excluding carboxylic acids is 1. The van der Waals surface area contributed by atoms with Crippen molar-refractivity contribution in [2.45, 2.75) is 38.6 Å². The zero-order valence-electron chi connectivity index (χ0n) is 13.8. The second-order valence-corrected chi connectivity index (χ2v) is 7.84. The summed E-state index contributed by atoms with van der Waals surface area (Å²) in [6.45, 7) is 2.31. The minimum atomic E-state index is -3.33. The van der Waals surface area contributed by atoms with Crippen molar-refractivity contribution in [2.75, 3.05) is 17.1 Å². The molecule has 132 valence electrons. The second kappa shape index (κ2) is 7.21. The molecule has 0 bridgehead atoms. The highest BCUT2D eigenvalue weighted by Crippen LogP contribution is 2.30. The van der Waals surface area contributed by atoms with Gasteiger partial charge in [-0.1, -0.05) is 19.8 Å². The van der Waals surface area contributed by atoms with E-state index in [0.29, 0.717) is 37.1 Å². The van der Waals surface area contributed by atoms with E-state index in [-0.39, 0.29) is 0 Å². The minimum Gasteiger partial charge on any atom is -0.480 e. The topological polar surface area (TPSA) is 104 Å². The number of nitrogens with zero attached hydrogens (tertiary/aromatic N) is 1. The fourth-order valence-corrected chi connectivity index (χ4v) is 3.72. The zero-order valence-corrected chi connectivity index (χ0v) is 14.6. The predicted octanol–water partition coefficient (Wildman–Crippen LogP) is 1.38. The smallest absolute Gasteiger partial charge is 0.326 e. The van der Waals surface area contributed by atoms with Gasteiger partial charge in [0.05, 0.1) is 11.9 Å². The van der Waals surface area contributed by atoms with Crippen LogP contribution in [0.2, 0.25) is 0 Å². The number of hydrogen-bond acceptors (Lipinski definition) is 4. The summed E-state index contributed by atoms with van der Waals surface area (Å²) in [6.07, 6.45) is 3.62. The van der Waals surface area contributed by atoms with Crippen LogP contribution in [0, 0.1) is 0 Å². The fraction of sp³-hybridized carbons (Fsp3) is 0.500. The molecule has 2 N–H and O–H groups in total. The van der Waals surface area contributed by atoms with Gasteiger partial charge in [-0.05, 0) is 36.6 Å². The Bertz CT molecular complexity index is 745. The van der Waals surface area contributed by atoms with Gasteiger partial charge >= 0.3 is 5.97 Å². The maximum Gasteiger partial charge on any atom is 0.326 e. The minimum absolute atomic E-state index is 0.340. The Kier molecular flexibility index (Phi) is 5.48. The van der Waals surface area contributed by atoms with Crippen LogP contribution in [0.25, 0.3) is 0 Å². The summed E-state index contributed by atoms with van der Waals surface area (Å²) in [5.41, 5.74) is 1.69. The number of fused-ring (bicyclic) bond motifs is 1. The Labute approximate surface area is 141 Å². The summed E-state index contributed by atoms with van der Waals surface area (Å²) in [7, 11) is -3.33. The number of sulfonamides is 1. The first-order valence-electron chi connectivity index (χ1n) is 7.88. The van der Waals surface area contributed by atoms with E-state index >= 15 is 0 Å². The van der Waals surface area contributed by atoms with Crippen LogP contribution in [0.3, 0.4) is 0 Å². The van der Waals surface area contributed by atoms with Crippen molar-refractivity contribution in [2.24, 2.45) is 0 Å². The van der Waals surface area contributed by atoms with Crippen molar-refractivity contribution in [1.82, 2.24) is 5.32 Å². The number of rotatable bonds is 7. The molecule has 1 atom stereocenters. The fourth-order valence-electron chi connectivity index (χ4n) is 2.76.